The van der Waals surface area contributed by atoms with Gasteiger partial charge in [-0.1, -0.05) is 18.2 Å². The molecule has 0 aliphatic heterocycles. The molecule has 1 aromatic heterocycles. The van der Waals surface area contributed by atoms with Gasteiger partial charge in [0.05, 0.1) is 15.2 Å². The van der Waals surface area contributed by atoms with Crippen LogP contribution < -0.4 is 16.1 Å². The van der Waals surface area contributed by atoms with Gasteiger partial charge in [-0.3, -0.25) is 0 Å². The molecule has 0 aliphatic rings. The van der Waals surface area contributed by atoms with Crippen molar-refractivity contribution >= 4 is 61.6 Å². The van der Waals surface area contributed by atoms with Gasteiger partial charge in [0.15, 0.2) is 0 Å². The molecule has 0 aliphatic carbocycles. The van der Waals surface area contributed by atoms with Crippen LogP contribution in [0.25, 0.3) is 0 Å². The predicted molar refractivity (Wildman–Crippen MR) is 114 cm³/mol. The molecule has 0 radical (unpaired) electrons. The van der Waals surface area contributed by atoms with Gasteiger partial charge in [-0.2, -0.15) is 20.1 Å². The third kappa shape index (κ3) is 5.14. The first-order valence-corrected chi connectivity index (χ1v) is 9.37. The molecule has 0 unspecified atom stereocenters. The quantitative estimate of drug-likeness (QED) is 0.299. The van der Waals surface area contributed by atoms with E-state index in [9.17, 15) is 5.11 Å². The van der Waals surface area contributed by atoms with E-state index in [1.54, 1.807) is 25.4 Å². The van der Waals surface area contributed by atoms with E-state index in [4.69, 9.17) is 0 Å². The number of hydrazone groups is 1. The molecule has 1 heterocycles. The standard InChI is InChI=1S/C17H15Br2N7O/c1-20-15-23-16(22-11-5-3-2-4-6-11)25-17(24-15)26-21-9-10-7-12(18)14(27)13(19)8-10/h2-9,27H,1H3,(H3,20,22,23,24,25,26). The summed E-state index contributed by atoms with van der Waals surface area (Å²) < 4.78 is 1.12. The molecule has 4 N–H and O–H groups in total. The highest BCUT2D eigenvalue weighted by molar-refractivity contribution is 9.11. The minimum atomic E-state index is 0.132. The zero-order valence-electron chi connectivity index (χ0n) is 14.1. The third-order valence-electron chi connectivity index (χ3n) is 3.31. The summed E-state index contributed by atoms with van der Waals surface area (Å²) in [6.07, 6.45) is 1.59. The van der Waals surface area contributed by atoms with Gasteiger partial charge in [0.2, 0.25) is 17.8 Å². The van der Waals surface area contributed by atoms with Crippen LogP contribution in [0.3, 0.4) is 0 Å². The maximum Gasteiger partial charge on any atom is 0.250 e. The molecule has 27 heavy (non-hydrogen) atoms. The van der Waals surface area contributed by atoms with Crippen LogP contribution in [0.2, 0.25) is 0 Å². The molecule has 0 spiro atoms. The highest BCUT2D eigenvalue weighted by Gasteiger charge is 2.06. The van der Waals surface area contributed by atoms with Gasteiger partial charge in [0, 0.05) is 12.7 Å². The van der Waals surface area contributed by atoms with Crippen molar-refractivity contribution in [2.24, 2.45) is 5.10 Å². The largest absolute Gasteiger partial charge is 0.506 e. The number of aromatic hydroxyl groups is 1. The Balaban J connectivity index is 1.77. The number of hydrogen-bond donors (Lipinski definition) is 4. The molecular weight excluding hydrogens is 478 g/mol. The number of nitrogens with zero attached hydrogens (tertiary/aromatic N) is 4. The van der Waals surface area contributed by atoms with Crippen molar-refractivity contribution in [2.45, 2.75) is 0 Å². The summed E-state index contributed by atoms with van der Waals surface area (Å²) >= 11 is 6.56. The molecule has 0 saturated heterocycles. The third-order valence-corrected chi connectivity index (χ3v) is 4.52. The van der Waals surface area contributed by atoms with Crippen LogP contribution in [0.4, 0.5) is 23.5 Å². The van der Waals surface area contributed by atoms with Gasteiger partial charge in [-0.25, -0.2) is 5.43 Å². The maximum atomic E-state index is 9.75. The summed E-state index contributed by atoms with van der Waals surface area (Å²) in [5, 5.41) is 19.9. The normalized spacial score (nSPS) is 10.8. The molecule has 10 heteroatoms. The smallest absolute Gasteiger partial charge is 0.250 e. The molecule has 2 aromatic carbocycles. The second-order valence-corrected chi connectivity index (χ2v) is 6.96. The van der Waals surface area contributed by atoms with Gasteiger partial charge in [-0.05, 0) is 61.7 Å². The second-order valence-electron chi connectivity index (χ2n) is 5.25. The Labute approximate surface area is 172 Å². The topological polar surface area (TPSA) is 107 Å². The Morgan fingerprint density at radius 2 is 1.59 bits per heavy atom. The SMILES string of the molecule is CNc1nc(NN=Cc2cc(Br)c(O)c(Br)c2)nc(Nc2ccccc2)n1. The fourth-order valence-electron chi connectivity index (χ4n) is 2.07. The first-order chi connectivity index (χ1) is 13.0. The molecule has 0 saturated carbocycles. The fourth-order valence-corrected chi connectivity index (χ4v) is 3.29. The lowest BCUT2D eigenvalue weighted by Crippen LogP contribution is -2.07. The number of nitrogens with one attached hydrogen (secondary N) is 3. The Kier molecular flexibility index (Phi) is 6.20. The zero-order valence-corrected chi connectivity index (χ0v) is 17.3. The van der Waals surface area contributed by atoms with E-state index >= 15 is 0 Å². The average Bonchev–Trinajstić information content (AvgIpc) is 2.66. The molecule has 3 rings (SSSR count). The Bertz CT molecular complexity index is 944. The molecule has 0 fully saturated rings. The average molecular weight is 493 g/mol. The fraction of sp³-hybridized carbons (Fsp3) is 0.0588. The monoisotopic (exact) mass is 491 g/mol. The highest BCUT2D eigenvalue weighted by atomic mass is 79.9. The molecule has 0 atom stereocenters. The minimum absolute atomic E-state index is 0.132. The number of benzene rings is 2. The van der Waals surface area contributed by atoms with Crippen molar-refractivity contribution < 1.29 is 5.11 Å². The van der Waals surface area contributed by atoms with Crippen molar-refractivity contribution in [3.05, 3.63) is 57.0 Å². The molecule has 0 bridgehead atoms. The summed E-state index contributed by atoms with van der Waals surface area (Å²) in [6.45, 7) is 0. The molecule has 138 valence electrons. The first kappa shape index (κ1) is 19.1. The summed E-state index contributed by atoms with van der Waals surface area (Å²) in [5.74, 6) is 1.19. The molecule has 3 aromatic rings. The minimum Gasteiger partial charge on any atom is -0.506 e. The molecule has 8 nitrogen and oxygen atoms in total. The summed E-state index contributed by atoms with van der Waals surface area (Å²) in [6, 6.07) is 13.1. The van der Waals surface area contributed by atoms with E-state index < -0.39 is 0 Å². The second kappa shape index (κ2) is 8.78. The molecular formula is C17H15Br2N7O. The number of phenols is 1. The lowest BCUT2D eigenvalue weighted by molar-refractivity contribution is 0.468. The van der Waals surface area contributed by atoms with Crippen LogP contribution in [0.15, 0.2) is 56.5 Å². The first-order valence-electron chi connectivity index (χ1n) is 7.78. The van der Waals surface area contributed by atoms with Crippen molar-refractivity contribution in [3.8, 4) is 5.75 Å². The summed E-state index contributed by atoms with van der Waals surface area (Å²) in [4.78, 5) is 12.8. The highest BCUT2D eigenvalue weighted by Crippen LogP contribution is 2.32. The van der Waals surface area contributed by atoms with E-state index in [0.717, 1.165) is 11.3 Å². The number of hydrogen-bond acceptors (Lipinski definition) is 8. The number of anilines is 4. The van der Waals surface area contributed by atoms with E-state index in [1.807, 2.05) is 30.3 Å². The zero-order chi connectivity index (χ0) is 19.2. The maximum absolute atomic E-state index is 9.75. The van der Waals surface area contributed by atoms with Crippen LogP contribution in [0, 0.1) is 0 Å². The van der Waals surface area contributed by atoms with E-state index in [1.165, 1.54) is 0 Å². The van der Waals surface area contributed by atoms with E-state index in [-0.39, 0.29) is 11.7 Å². The van der Waals surface area contributed by atoms with E-state index in [0.29, 0.717) is 20.8 Å². The van der Waals surface area contributed by atoms with Crippen molar-refractivity contribution in [1.29, 1.82) is 0 Å². The van der Waals surface area contributed by atoms with Crippen molar-refractivity contribution in [3.63, 3.8) is 0 Å². The van der Waals surface area contributed by atoms with E-state index in [2.05, 4.69) is 68.0 Å². The van der Waals surface area contributed by atoms with Crippen LogP contribution >= 0.6 is 31.9 Å². The predicted octanol–water partition coefficient (Wildman–Crippen LogP) is 4.33. The number of rotatable bonds is 6. The van der Waals surface area contributed by atoms with Crippen molar-refractivity contribution in [1.82, 2.24) is 15.0 Å². The van der Waals surface area contributed by atoms with Crippen molar-refractivity contribution in [2.75, 3.05) is 23.1 Å². The Morgan fingerprint density at radius 1 is 0.963 bits per heavy atom. The van der Waals surface area contributed by atoms with Crippen LogP contribution in [-0.2, 0) is 0 Å². The van der Waals surface area contributed by atoms with Gasteiger partial charge in [-0.15, -0.1) is 0 Å². The van der Waals surface area contributed by atoms with Crippen LogP contribution in [0.1, 0.15) is 5.56 Å². The lowest BCUT2D eigenvalue weighted by Gasteiger charge is -2.08. The van der Waals surface area contributed by atoms with Gasteiger partial charge >= 0.3 is 0 Å². The number of halogens is 2. The Hall–Kier alpha value is -2.72. The number of aromatic nitrogens is 3. The number of phenolic OH excluding ortho intramolecular Hbond substituents is 1. The van der Waals surface area contributed by atoms with Gasteiger partial charge < -0.3 is 15.7 Å². The van der Waals surface area contributed by atoms with Gasteiger partial charge in [0.25, 0.3) is 0 Å². The van der Waals surface area contributed by atoms with Crippen LogP contribution in [0.5, 0.6) is 5.75 Å². The summed E-state index contributed by atoms with van der Waals surface area (Å²) in [5.41, 5.74) is 4.41. The lowest BCUT2D eigenvalue weighted by atomic mass is 10.2. The number of para-hydroxylation sites is 1. The Morgan fingerprint density at radius 3 is 2.26 bits per heavy atom. The molecule has 0 amide bonds. The van der Waals surface area contributed by atoms with Crippen LogP contribution in [-0.4, -0.2) is 33.3 Å². The van der Waals surface area contributed by atoms with Gasteiger partial charge in [0.1, 0.15) is 5.75 Å². The summed E-state index contributed by atoms with van der Waals surface area (Å²) in [7, 11) is 1.72.